The molecule has 5 heteroatoms. The van der Waals surface area contributed by atoms with Crippen molar-refractivity contribution in [1.82, 2.24) is 0 Å². The van der Waals surface area contributed by atoms with E-state index in [9.17, 15) is 14.4 Å². The molecule has 0 amide bonds. The van der Waals surface area contributed by atoms with Crippen LogP contribution in [0.3, 0.4) is 0 Å². The lowest BCUT2D eigenvalue weighted by molar-refractivity contribution is -0.169. The standard InChI is InChI=1S/C9H12O5/c1-14-8(13)9(7(11)12)4-2-6(10)3-5-9/h2-5H2,1H3,(H,11,12). The monoisotopic (exact) mass is 200 g/mol. The van der Waals surface area contributed by atoms with Gasteiger partial charge in [-0.05, 0) is 12.8 Å². The largest absolute Gasteiger partial charge is 0.480 e. The van der Waals surface area contributed by atoms with Gasteiger partial charge in [0.15, 0.2) is 5.41 Å². The van der Waals surface area contributed by atoms with Crippen LogP contribution >= 0.6 is 0 Å². The van der Waals surface area contributed by atoms with Gasteiger partial charge in [0, 0.05) is 12.8 Å². The predicted molar refractivity (Wildman–Crippen MR) is 45.6 cm³/mol. The number of Topliss-reactive ketones (excluding diaryl/α,β-unsaturated/α-hetero) is 1. The third kappa shape index (κ3) is 1.62. The average Bonchev–Trinajstić information content (AvgIpc) is 2.18. The van der Waals surface area contributed by atoms with Crippen LogP contribution < -0.4 is 0 Å². The summed E-state index contributed by atoms with van der Waals surface area (Å²) in [6.45, 7) is 0. The van der Waals surface area contributed by atoms with Crippen molar-refractivity contribution in [3.63, 3.8) is 0 Å². The minimum absolute atomic E-state index is 0.00535. The molecule has 0 radical (unpaired) electrons. The Morgan fingerprint density at radius 3 is 2.21 bits per heavy atom. The number of ketones is 1. The van der Waals surface area contributed by atoms with Gasteiger partial charge in [0.2, 0.25) is 0 Å². The minimum atomic E-state index is -1.50. The Hall–Kier alpha value is -1.39. The Labute approximate surface area is 81.0 Å². The smallest absolute Gasteiger partial charge is 0.323 e. The van der Waals surface area contributed by atoms with E-state index in [1.54, 1.807) is 0 Å². The molecule has 0 bridgehead atoms. The highest BCUT2D eigenvalue weighted by molar-refractivity contribution is 6.01. The number of aliphatic carboxylic acids is 1. The normalized spacial score (nSPS) is 20.2. The van der Waals surface area contributed by atoms with Gasteiger partial charge in [-0.2, -0.15) is 0 Å². The second-order valence-corrected chi connectivity index (χ2v) is 3.42. The van der Waals surface area contributed by atoms with Crippen molar-refractivity contribution in [1.29, 1.82) is 0 Å². The first-order chi connectivity index (χ1) is 6.53. The topological polar surface area (TPSA) is 80.7 Å². The third-order valence-electron chi connectivity index (χ3n) is 2.65. The van der Waals surface area contributed by atoms with Gasteiger partial charge in [-0.15, -0.1) is 0 Å². The van der Waals surface area contributed by atoms with E-state index in [4.69, 9.17) is 5.11 Å². The highest BCUT2D eigenvalue weighted by Gasteiger charge is 2.49. The molecule has 0 aromatic rings. The molecule has 0 heterocycles. The summed E-state index contributed by atoms with van der Waals surface area (Å²) in [6, 6.07) is 0. The Bertz CT molecular complexity index is 271. The number of hydrogen-bond acceptors (Lipinski definition) is 4. The molecule has 14 heavy (non-hydrogen) atoms. The zero-order valence-electron chi connectivity index (χ0n) is 7.91. The Morgan fingerprint density at radius 2 is 1.86 bits per heavy atom. The number of methoxy groups -OCH3 is 1. The van der Waals surface area contributed by atoms with Gasteiger partial charge < -0.3 is 9.84 Å². The first-order valence-electron chi connectivity index (χ1n) is 4.36. The molecule has 0 atom stereocenters. The molecule has 1 fully saturated rings. The summed E-state index contributed by atoms with van der Waals surface area (Å²) in [5.41, 5.74) is -1.50. The number of rotatable bonds is 2. The van der Waals surface area contributed by atoms with E-state index >= 15 is 0 Å². The fraction of sp³-hybridized carbons (Fsp3) is 0.667. The fourth-order valence-electron chi connectivity index (χ4n) is 1.66. The summed E-state index contributed by atoms with van der Waals surface area (Å²) >= 11 is 0. The van der Waals surface area contributed by atoms with E-state index < -0.39 is 17.4 Å². The summed E-state index contributed by atoms with van der Waals surface area (Å²) in [6.07, 6.45) is 0.379. The molecule has 1 rings (SSSR count). The number of carboxylic acids is 1. The third-order valence-corrected chi connectivity index (χ3v) is 2.65. The van der Waals surface area contributed by atoms with Crippen molar-refractivity contribution in [2.75, 3.05) is 7.11 Å². The second-order valence-electron chi connectivity index (χ2n) is 3.42. The molecule has 0 spiro atoms. The summed E-state index contributed by atoms with van der Waals surface area (Å²) < 4.78 is 4.46. The van der Waals surface area contributed by atoms with Crippen molar-refractivity contribution in [3.8, 4) is 0 Å². The zero-order valence-corrected chi connectivity index (χ0v) is 7.91. The van der Waals surface area contributed by atoms with Crippen molar-refractivity contribution < 1.29 is 24.2 Å². The predicted octanol–water partition coefficient (Wildman–Crippen LogP) is 0.373. The molecule has 1 aliphatic rings. The SMILES string of the molecule is COC(=O)C1(C(=O)O)CCC(=O)CC1. The molecule has 1 saturated carbocycles. The highest BCUT2D eigenvalue weighted by atomic mass is 16.5. The molecular weight excluding hydrogens is 188 g/mol. The molecule has 1 N–H and O–H groups in total. The first kappa shape index (κ1) is 10.7. The molecule has 0 saturated heterocycles. The zero-order chi connectivity index (χ0) is 10.8. The lowest BCUT2D eigenvalue weighted by Crippen LogP contribution is -2.43. The fourth-order valence-corrected chi connectivity index (χ4v) is 1.66. The van der Waals surface area contributed by atoms with E-state index in [1.807, 2.05) is 0 Å². The Balaban J connectivity index is 2.89. The molecule has 0 aromatic heterocycles. The van der Waals surface area contributed by atoms with Crippen molar-refractivity contribution in [2.45, 2.75) is 25.7 Å². The number of esters is 1. The Morgan fingerprint density at radius 1 is 1.36 bits per heavy atom. The maximum atomic E-state index is 11.3. The van der Waals surface area contributed by atoms with Crippen LogP contribution in [-0.4, -0.2) is 29.9 Å². The van der Waals surface area contributed by atoms with E-state index in [1.165, 1.54) is 0 Å². The average molecular weight is 200 g/mol. The van der Waals surface area contributed by atoms with E-state index in [0.29, 0.717) is 0 Å². The van der Waals surface area contributed by atoms with Crippen molar-refractivity contribution in [2.24, 2.45) is 5.41 Å². The number of carboxylic acid groups (broad SMARTS) is 1. The number of carbonyl (C=O) groups excluding carboxylic acids is 2. The van der Waals surface area contributed by atoms with Gasteiger partial charge in [0.05, 0.1) is 7.11 Å². The van der Waals surface area contributed by atoms with E-state index in [2.05, 4.69) is 4.74 Å². The van der Waals surface area contributed by atoms with Crippen LogP contribution in [0.25, 0.3) is 0 Å². The number of carbonyl (C=O) groups is 3. The van der Waals surface area contributed by atoms with Crippen LogP contribution in [0.5, 0.6) is 0 Å². The molecule has 0 unspecified atom stereocenters. The summed E-state index contributed by atoms with van der Waals surface area (Å²) in [4.78, 5) is 33.2. The van der Waals surface area contributed by atoms with Crippen molar-refractivity contribution >= 4 is 17.7 Å². The van der Waals surface area contributed by atoms with Crippen LogP contribution in [0.2, 0.25) is 0 Å². The molecule has 0 aromatic carbocycles. The van der Waals surface area contributed by atoms with Gasteiger partial charge in [0.1, 0.15) is 5.78 Å². The molecule has 0 aliphatic heterocycles. The summed E-state index contributed by atoms with van der Waals surface area (Å²) in [7, 11) is 1.16. The quantitative estimate of drug-likeness (QED) is 0.514. The first-order valence-corrected chi connectivity index (χ1v) is 4.36. The van der Waals surface area contributed by atoms with Gasteiger partial charge in [-0.3, -0.25) is 14.4 Å². The van der Waals surface area contributed by atoms with Gasteiger partial charge in [0.25, 0.3) is 0 Å². The van der Waals surface area contributed by atoms with E-state index in [-0.39, 0.29) is 31.5 Å². The highest BCUT2D eigenvalue weighted by Crippen LogP contribution is 2.36. The Kier molecular flexibility index (Phi) is 2.88. The van der Waals surface area contributed by atoms with Gasteiger partial charge >= 0.3 is 11.9 Å². The van der Waals surface area contributed by atoms with Crippen LogP contribution in [0.15, 0.2) is 0 Å². The molecule has 5 nitrogen and oxygen atoms in total. The van der Waals surface area contributed by atoms with Gasteiger partial charge in [-0.25, -0.2) is 0 Å². The van der Waals surface area contributed by atoms with Crippen molar-refractivity contribution in [3.05, 3.63) is 0 Å². The van der Waals surface area contributed by atoms with Crippen LogP contribution in [0.1, 0.15) is 25.7 Å². The second kappa shape index (κ2) is 3.77. The van der Waals surface area contributed by atoms with Crippen LogP contribution in [0.4, 0.5) is 0 Å². The lowest BCUT2D eigenvalue weighted by Gasteiger charge is -2.29. The van der Waals surface area contributed by atoms with Crippen LogP contribution in [0, 0.1) is 5.41 Å². The number of hydrogen-bond donors (Lipinski definition) is 1. The molecule has 1 aliphatic carbocycles. The minimum Gasteiger partial charge on any atom is -0.480 e. The molecular formula is C9H12O5. The molecule has 78 valence electrons. The number of ether oxygens (including phenoxy) is 1. The lowest BCUT2D eigenvalue weighted by atomic mass is 9.73. The van der Waals surface area contributed by atoms with Gasteiger partial charge in [-0.1, -0.05) is 0 Å². The summed E-state index contributed by atoms with van der Waals surface area (Å²) in [5.74, 6) is -1.94. The maximum Gasteiger partial charge on any atom is 0.323 e. The maximum absolute atomic E-state index is 11.3. The van der Waals surface area contributed by atoms with E-state index in [0.717, 1.165) is 7.11 Å². The van der Waals surface area contributed by atoms with Crippen LogP contribution in [-0.2, 0) is 19.1 Å². The summed E-state index contributed by atoms with van der Waals surface area (Å²) in [5, 5.41) is 8.96.